The zero-order valence-corrected chi connectivity index (χ0v) is 13.2. The first kappa shape index (κ1) is 17.8. The van der Waals surface area contributed by atoms with E-state index >= 15 is 0 Å². The molecule has 0 radical (unpaired) electrons. The van der Waals surface area contributed by atoms with Crippen LogP contribution in [-0.2, 0) is 6.18 Å². The van der Waals surface area contributed by atoms with Gasteiger partial charge < -0.3 is 4.74 Å². The molecule has 0 saturated heterocycles. The highest BCUT2D eigenvalue weighted by molar-refractivity contribution is 5.88. The highest BCUT2D eigenvalue weighted by atomic mass is 19.4. The number of ether oxygens (including phenoxy) is 1. The van der Waals surface area contributed by atoms with Crippen LogP contribution in [0.3, 0.4) is 0 Å². The van der Waals surface area contributed by atoms with Gasteiger partial charge >= 0.3 is 12.3 Å². The molecular formula is C17H15F4NO2. The van der Waals surface area contributed by atoms with Gasteiger partial charge in [0.05, 0.1) is 5.56 Å². The van der Waals surface area contributed by atoms with Crippen molar-refractivity contribution in [1.82, 2.24) is 0 Å². The van der Waals surface area contributed by atoms with Gasteiger partial charge in [-0.15, -0.1) is 0 Å². The maximum Gasteiger partial charge on any atom is 0.419 e. The monoisotopic (exact) mass is 341 g/mol. The van der Waals surface area contributed by atoms with E-state index in [1.807, 2.05) is 0 Å². The Bertz CT molecular complexity index is 731. The van der Waals surface area contributed by atoms with E-state index in [2.05, 4.69) is 0 Å². The Morgan fingerprint density at radius 3 is 2.00 bits per heavy atom. The summed E-state index contributed by atoms with van der Waals surface area (Å²) in [4.78, 5) is 13.3. The maximum atomic E-state index is 12.9. The summed E-state index contributed by atoms with van der Waals surface area (Å²) in [6, 6.07) is 7.01. The smallest absolute Gasteiger partial charge is 0.409 e. The van der Waals surface area contributed by atoms with E-state index in [1.165, 1.54) is 45.2 Å². The minimum absolute atomic E-state index is 0.0713. The van der Waals surface area contributed by atoms with Gasteiger partial charge in [-0.1, -0.05) is 0 Å². The Labute approximate surface area is 136 Å². The highest BCUT2D eigenvalue weighted by Gasteiger charge is 2.32. The van der Waals surface area contributed by atoms with Gasteiger partial charge in [-0.3, -0.25) is 4.90 Å². The van der Waals surface area contributed by atoms with Crippen LogP contribution >= 0.6 is 0 Å². The molecule has 0 N–H and O–H groups in total. The minimum Gasteiger partial charge on any atom is -0.409 e. The first-order valence-electron chi connectivity index (χ1n) is 6.99. The van der Waals surface area contributed by atoms with Crippen molar-refractivity contribution in [2.24, 2.45) is 0 Å². The largest absolute Gasteiger partial charge is 0.419 e. The second-order valence-electron chi connectivity index (χ2n) is 5.34. The predicted molar refractivity (Wildman–Crippen MR) is 81.7 cm³/mol. The highest BCUT2D eigenvalue weighted by Crippen LogP contribution is 2.34. The second-order valence-corrected chi connectivity index (χ2v) is 5.34. The predicted octanol–water partition coefficient (Wildman–Crippen LogP) is 5.10. The number of halogens is 4. The second kappa shape index (κ2) is 6.51. The lowest BCUT2D eigenvalue weighted by Gasteiger charge is -2.19. The Morgan fingerprint density at radius 2 is 1.54 bits per heavy atom. The van der Waals surface area contributed by atoms with Crippen molar-refractivity contribution in [2.45, 2.75) is 20.0 Å². The van der Waals surface area contributed by atoms with Gasteiger partial charge in [0.25, 0.3) is 0 Å². The van der Waals surface area contributed by atoms with Crippen LogP contribution in [0.15, 0.2) is 36.4 Å². The molecule has 2 rings (SSSR count). The topological polar surface area (TPSA) is 29.5 Å². The molecule has 3 nitrogen and oxygen atoms in total. The van der Waals surface area contributed by atoms with Crippen LogP contribution in [-0.4, -0.2) is 13.1 Å². The van der Waals surface area contributed by atoms with E-state index in [0.717, 1.165) is 17.0 Å². The van der Waals surface area contributed by atoms with Crippen LogP contribution < -0.4 is 9.64 Å². The molecule has 2 aromatic rings. The van der Waals surface area contributed by atoms with Crippen LogP contribution in [0.25, 0.3) is 0 Å². The van der Waals surface area contributed by atoms with Crippen molar-refractivity contribution in [3.8, 4) is 5.75 Å². The lowest BCUT2D eigenvalue weighted by Crippen LogP contribution is -2.29. The molecule has 0 heterocycles. The molecule has 1 amide bonds. The normalized spacial score (nSPS) is 11.3. The average Bonchev–Trinajstić information content (AvgIpc) is 2.49. The molecule has 2 aromatic carbocycles. The number of aryl methyl sites for hydroxylation is 2. The summed E-state index contributed by atoms with van der Waals surface area (Å²) in [6.45, 7) is 2.87. The fraction of sp³-hybridized carbons (Fsp3) is 0.235. The van der Waals surface area contributed by atoms with Gasteiger partial charge in [0.1, 0.15) is 11.6 Å². The lowest BCUT2D eigenvalue weighted by atomic mass is 10.1. The maximum absolute atomic E-state index is 12.9. The summed E-state index contributed by atoms with van der Waals surface area (Å²) < 4.78 is 56.5. The van der Waals surface area contributed by atoms with Gasteiger partial charge in [-0.25, -0.2) is 9.18 Å². The third-order valence-corrected chi connectivity index (χ3v) is 3.46. The van der Waals surface area contributed by atoms with Crippen molar-refractivity contribution in [1.29, 1.82) is 0 Å². The summed E-state index contributed by atoms with van der Waals surface area (Å²) in [7, 11) is 1.42. The molecule has 0 bridgehead atoms. The van der Waals surface area contributed by atoms with Crippen LogP contribution in [0.5, 0.6) is 5.75 Å². The number of carbonyl (C=O) groups excluding carboxylic acids is 1. The van der Waals surface area contributed by atoms with E-state index < -0.39 is 23.7 Å². The molecule has 128 valence electrons. The van der Waals surface area contributed by atoms with Crippen molar-refractivity contribution >= 4 is 11.8 Å². The van der Waals surface area contributed by atoms with Crippen molar-refractivity contribution in [2.75, 3.05) is 11.9 Å². The van der Waals surface area contributed by atoms with E-state index in [4.69, 9.17) is 4.74 Å². The van der Waals surface area contributed by atoms with Gasteiger partial charge in [-0.2, -0.15) is 13.2 Å². The van der Waals surface area contributed by atoms with Crippen molar-refractivity contribution < 1.29 is 27.1 Å². The van der Waals surface area contributed by atoms with E-state index in [0.29, 0.717) is 5.69 Å². The number of amides is 1. The first-order valence-corrected chi connectivity index (χ1v) is 6.99. The van der Waals surface area contributed by atoms with E-state index in [-0.39, 0.29) is 16.9 Å². The Hall–Kier alpha value is -2.57. The third-order valence-electron chi connectivity index (χ3n) is 3.46. The fourth-order valence-corrected chi connectivity index (χ4v) is 2.20. The molecule has 0 atom stereocenters. The number of hydrogen-bond acceptors (Lipinski definition) is 2. The van der Waals surface area contributed by atoms with Crippen molar-refractivity contribution in [3.63, 3.8) is 0 Å². The number of benzene rings is 2. The SMILES string of the molecule is Cc1cc(C(F)(F)F)cc(C)c1OC(=O)N(C)c1ccc(F)cc1. The molecule has 0 fully saturated rings. The summed E-state index contributed by atoms with van der Waals surface area (Å²) in [5.74, 6) is -0.378. The lowest BCUT2D eigenvalue weighted by molar-refractivity contribution is -0.137. The molecule has 0 aromatic heterocycles. The summed E-state index contributed by atoms with van der Waals surface area (Å²) in [5, 5.41) is 0. The summed E-state index contributed by atoms with van der Waals surface area (Å²) in [6.07, 6.45) is -5.25. The molecule has 0 unspecified atom stereocenters. The number of hydrogen-bond donors (Lipinski definition) is 0. The Balaban J connectivity index is 2.24. The number of nitrogens with zero attached hydrogens (tertiary/aromatic N) is 1. The Kier molecular flexibility index (Phi) is 4.82. The van der Waals surface area contributed by atoms with Gasteiger partial charge in [0, 0.05) is 12.7 Å². The standard InChI is InChI=1S/C17H15F4NO2/c1-10-8-12(17(19,20)21)9-11(2)15(10)24-16(23)22(3)14-6-4-13(18)5-7-14/h4-9H,1-3H3. The third kappa shape index (κ3) is 3.84. The number of alkyl halides is 3. The van der Waals surface area contributed by atoms with Gasteiger partial charge in [0.2, 0.25) is 0 Å². The van der Waals surface area contributed by atoms with E-state index in [9.17, 15) is 22.4 Å². The van der Waals surface area contributed by atoms with Gasteiger partial charge in [0.15, 0.2) is 0 Å². The average molecular weight is 341 g/mol. The number of carbonyl (C=O) groups is 1. The van der Waals surface area contributed by atoms with Gasteiger partial charge in [-0.05, 0) is 61.4 Å². The summed E-state index contributed by atoms with van der Waals surface area (Å²) in [5.41, 5.74) is -0.0147. The minimum atomic E-state index is -4.47. The zero-order valence-electron chi connectivity index (χ0n) is 13.2. The fourth-order valence-electron chi connectivity index (χ4n) is 2.20. The quantitative estimate of drug-likeness (QED) is 0.712. The van der Waals surface area contributed by atoms with Crippen molar-refractivity contribution in [3.05, 3.63) is 58.9 Å². The molecule has 0 saturated carbocycles. The molecule has 7 heteroatoms. The summed E-state index contributed by atoms with van der Waals surface area (Å²) >= 11 is 0. The van der Waals surface area contributed by atoms with Crippen LogP contribution in [0, 0.1) is 19.7 Å². The molecule has 0 spiro atoms. The zero-order chi connectivity index (χ0) is 18.1. The molecule has 0 aliphatic carbocycles. The number of anilines is 1. The molecule has 24 heavy (non-hydrogen) atoms. The molecular weight excluding hydrogens is 326 g/mol. The molecule has 0 aliphatic rings. The van der Waals surface area contributed by atoms with Crippen LogP contribution in [0.4, 0.5) is 28.0 Å². The molecule has 0 aliphatic heterocycles. The van der Waals surface area contributed by atoms with Crippen LogP contribution in [0.2, 0.25) is 0 Å². The van der Waals surface area contributed by atoms with Crippen LogP contribution in [0.1, 0.15) is 16.7 Å². The van der Waals surface area contributed by atoms with E-state index in [1.54, 1.807) is 0 Å². The Morgan fingerprint density at radius 1 is 1.04 bits per heavy atom. The number of rotatable bonds is 2. The first-order chi connectivity index (χ1) is 11.1.